The summed E-state index contributed by atoms with van der Waals surface area (Å²) in [5, 5.41) is 0. The Morgan fingerprint density at radius 1 is 1.21 bits per heavy atom. The Bertz CT molecular complexity index is 422. The summed E-state index contributed by atoms with van der Waals surface area (Å²) in [4.78, 5) is 2.91. The minimum atomic E-state index is 0. The van der Waals surface area contributed by atoms with Gasteiger partial charge in [0, 0.05) is 0 Å². The van der Waals surface area contributed by atoms with E-state index in [1.165, 1.54) is 18.4 Å². The molecule has 19 heavy (non-hydrogen) atoms. The number of hydrogen-bond acceptors (Lipinski definition) is 0. The normalized spacial score (nSPS) is 11.3. The van der Waals surface area contributed by atoms with Gasteiger partial charge in [-0.05, 0) is 5.41 Å². The van der Waals surface area contributed by atoms with Gasteiger partial charge in [-0.1, -0.05) is 33.6 Å². The van der Waals surface area contributed by atoms with Crippen LogP contribution in [0.15, 0.2) is 30.5 Å². The molecule has 3 rings (SSSR count). The van der Waals surface area contributed by atoms with Gasteiger partial charge in [-0.3, -0.25) is 0 Å². The molecule has 1 aliphatic carbocycles. The van der Waals surface area contributed by atoms with E-state index in [9.17, 15) is 0 Å². The van der Waals surface area contributed by atoms with Crippen molar-refractivity contribution in [3.8, 4) is 0 Å². The van der Waals surface area contributed by atoms with Crippen LogP contribution in [0.2, 0.25) is 0 Å². The maximum Gasteiger partial charge on any atom is 4.00 e. The first kappa shape index (κ1) is 21.4. The molecule has 1 aromatic carbocycles. The fourth-order valence-electron chi connectivity index (χ4n) is 1.80. The van der Waals surface area contributed by atoms with Crippen molar-refractivity contribution in [2.45, 2.75) is 39.0 Å². The van der Waals surface area contributed by atoms with Crippen LogP contribution in [-0.2, 0) is 44.5 Å². The maximum atomic E-state index is 3.05. The van der Waals surface area contributed by atoms with Gasteiger partial charge in [0.15, 0.2) is 0 Å². The van der Waals surface area contributed by atoms with E-state index < -0.39 is 0 Å². The summed E-state index contributed by atoms with van der Waals surface area (Å²) in [5.41, 5.74) is 4.61. The molecule has 0 bridgehead atoms. The molecule has 0 radical (unpaired) electrons. The van der Waals surface area contributed by atoms with Crippen LogP contribution in [0.4, 0.5) is 0 Å². The molecule has 2 aromatic rings. The number of nitrogens with one attached hydrogen (secondary N) is 1. The zero-order valence-corrected chi connectivity index (χ0v) is 15.5. The Kier molecular flexibility index (Phi) is 10.3. The average Bonchev–Trinajstić information content (AvgIpc) is 2.76. The quantitative estimate of drug-likeness (QED) is 0.495. The molecule has 0 saturated carbocycles. The molecule has 0 fully saturated rings. The molecule has 0 saturated heterocycles. The minimum absolute atomic E-state index is 0. The molecule has 0 amide bonds. The minimum Gasteiger partial charge on any atom is -1.00 e. The van der Waals surface area contributed by atoms with Gasteiger partial charge < -0.3 is 29.8 Å². The standard InChI is InChI=1S/C8H12N.C7H7.2ClH.Zr/c1-8(2,3)7-4-5-9-6-7;1-2-6-4-5-7(6)3-1;;;/h4-5,9H,1-3H3;1-3H,4-5H2;2*1H;/q2*-1;;;+4/p-2. The van der Waals surface area contributed by atoms with Gasteiger partial charge in [0.05, 0.1) is 0 Å². The second-order valence-corrected chi connectivity index (χ2v) is 5.34. The fourth-order valence-corrected chi connectivity index (χ4v) is 1.80. The first-order chi connectivity index (χ1) is 7.57. The zero-order chi connectivity index (χ0) is 11.6. The van der Waals surface area contributed by atoms with Crippen LogP contribution in [-0.4, -0.2) is 4.98 Å². The SMILES string of the molecule is CC(C)(C)c1[c-][nH]cc1.[Cl-].[Cl-].[Zr+4].c1cc2[c-](c1)CC2. The topological polar surface area (TPSA) is 15.8 Å². The molecule has 0 aliphatic heterocycles. The van der Waals surface area contributed by atoms with Gasteiger partial charge in [0.2, 0.25) is 0 Å². The molecule has 0 unspecified atom stereocenters. The summed E-state index contributed by atoms with van der Waals surface area (Å²) in [6.07, 6.45) is 7.60. The van der Waals surface area contributed by atoms with Crippen molar-refractivity contribution in [3.63, 3.8) is 0 Å². The largest absolute Gasteiger partial charge is 4.00 e. The molecule has 1 heterocycles. The maximum absolute atomic E-state index is 3.05. The van der Waals surface area contributed by atoms with Gasteiger partial charge >= 0.3 is 26.2 Å². The van der Waals surface area contributed by atoms with Crippen LogP contribution in [0.1, 0.15) is 37.5 Å². The zero-order valence-electron chi connectivity index (χ0n) is 11.6. The van der Waals surface area contributed by atoms with Gasteiger partial charge in [-0.15, -0.1) is 11.8 Å². The molecule has 4 heteroatoms. The number of halogens is 2. The van der Waals surface area contributed by atoms with Crippen LogP contribution in [0.3, 0.4) is 0 Å². The Morgan fingerprint density at radius 3 is 2.11 bits per heavy atom. The fraction of sp³-hybridized carbons (Fsp3) is 0.400. The molecule has 1 nitrogen and oxygen atoms in total. The number of rotatable bonds is 0. The smallest absolute Gasteiger partial charge is 1.00 e. The van der Waals surface area contributed by atoms with Crippen LogP contribution < -0.4 is 24.8 Å². The van der Waals surface area contributed by atoms with E-state index in [0.29, 0.717) is 0 Å². The van der Waals surface area contributed by atoms with Gasteiger partial charge in [-0.2, -0.15) is 29.5 Å². The number of aromatic nitrogens is 1. The second-order valence-electron chi connectivity index (χ2n) is 5.34. The summed E-state index contributed by atoms with van der Waals surface area (Å²) >= 11 is 0. The Labute approximate surface area is 147 Å². The van der Waals surface area contributed by atoms with E-state index in [-0.39, 0.29) is 56.4 Å². The Hall–Kier alpha value is 0.0931. The van der Waals surface area contributed by atoms with E-state index in [1.807, 2.05) is 6.20 Å². The third-order valence-electron chi connectivity index (χ3n) is 3.02. The van der Waals surface area contributed by atoms with E-state index in [2.05, 4.69) is 56.2 Å². The van der Waals surface area contributed by atoms with Crippen molar-refractivity contribution in [1.29, 1.82) is 0 Å². The van der Waals surface area contributed by atoms with Crippen molar-refractivity contribution >= 4 is 0 Å². The molecule has 102 valence electrons. The van der Waals surface area contributed by atoms with Gasteiger partial charge in [0.1, 0.15) is 0 Å². The predicted octanol–water partition coefficient (Wildman–Crippen LogP) is -2.38. The molecule has 0 spiro atoms. The van der Waals surface area contributed by atoms with E-state index in [1.54, 1.807) is 11.1 Å². The molecule has 0 atom stereocenters. The van der Waals surface area contributed by atoms with Crippen molar-refractivity contribution in [3.05, 3.63) is 53.3 Å². The summed E-state index contributed by atoms with van der Waals surface area (Å²) in [7, 11) is 0. The second kappa shape index (κ2) is 9.11. The summed E-state index contributed by atoms with van der Waals surface area (Å²) < 4.78 is 0. The first-order valence-corrected chi connectivity index (χ1v) is 5.86. The number of aromatic amines is 1. The van der Waals surface area contributed by atoms with Crippen LogP contribution in [0.5, 0.6) is 0 Å². The number of aryl methyl sites for hydroxylation is 2. The van der Waals surface area contributed by atoms with Crippen molar-refractivity contribution in [2.75, 3.05) is 0 Å². The first-order valence-electron chi connectivity index (χ1n) is 5.86. The van der Waals surface area contributed by atoms with Crippen molar-refractivity contribution in [1.82, 2.24) is 4.98 Å². The van der Waals surface area contributed by atoms with Crippen LogP contribution in [0, 0.1) is 6.20 Å². The molecular weight excluding hydrogens is 356 g/mol. The Balaban J connectivity index is 0. The predicted molar refractivity (Wildman–Crippen MR) is 67.8 cm³/mol. The molecule has 1 aliphatic rings. The number of fused-ring (bicyclic) bond motifs is 1. The molecular formula is C15H19Cl2NZr. The third kappa shape index (κ3) is 5.94. The molecule has 1 N–H and O–H groups in total. The van der Waals surface area contributed by atoms with E-state index >= 15 is 0 Å². The van der Waals surface area contributed by atoms with Crippen LogP contribution >= 0.6 is 0 Å². The molecule has 1 aromatic heterocycles. The van der Waals surface area contributed by atoms with E-state index in [0.717, 1.165) is 0 Å². The Morgan fingerprint density at radius 2 is 1.89 bits per heavy atom. The van der Waals surface area contributed by atoms with Gasteiger partial charge in [0.25, 0.3) is 0 Å². The summed E-state index contributed by atoms with van der Waals surface area (Å²) in [5.74, 6) is 0. The number of H-pyrrole nitrogens is 1. The van der Waals surface area contributed by atoms with Crippen molar-refractivity contribution in [2.24, 2.45) is 0 Å². The van der Waals surface area contributed by atoms with Crippen LogP contribution in [0.25, 0.3) is 0 Å². The van der Waals surface area contributed by atoms with Crippen molar-refractivity contribution < 1.29 is 51.0 Å². The third-order valence-corrected chi connectivity index (χ3v) is 3.02. The van der Waals surface area contributed by atoms with Gasteiger partial charge in [-0.25, -0.2) is 12.1 Å². The monoisotopic (exact) mass is 373 g/mol. The van der Waals surface area contributed by atoms with E-state index in [4.69, 9.17) is 0 Å². The average molecular weight is 375 g/mol. The summed E-state index contributed by atoms with van der Waals surface area (Å²) in [6, 6.07) is 8.61. The number of hydrogen-bond donors (Lipinski definition) is 1. The summed E-state index contributed by atoms with van der Waals surface area (Å²) in [6.45, 7) is 6.52.